The van der Waals surface area contributed by atoms with Crippen LogP contribution in [0.15, 0.2) is 34.3 Å². The van der Waals surface area contributed by atoms with Gasteiger partial charge in [-0.3, -0.25) is 10.2 Å². The van der Waals surface area contributed by atoms with Crippen molar-refractivity contribution in [2.75, 3.05) is 6.26 Å². The summed E-state index contributed by atoms with van der Waals surface area (Å²) >= 11 is 0. The maximum absolute atomic E-state index is 11.7. The lowest BCUT2D eigenvalue weighted by atomic mass is 9.88. The van der Waals surface area contributed by atoms with E-state index >= 15 is 0 Å². The van der Waals surface area contributed by atoms with E-state index < -0.39 is 15.6 Å². The summed E-state index contributed by atoms with van der Waals surface area (Å²) in [5.74, 6) is -0.390. The monoisotopic (exact) mass is 237 g/mol. The van der Waals surface area contributed by atoms with Gasteiger partial charge in [0.2, 0.25) is 5.78 Å². The van der Waals surface area contributed by atoms with Gasteiger partial charge < -0.3 is 0 Å². The van der Waals surface area contributed by atoms with Gasteiger partial charge in [-0.15, -0.1) is 0 Å². The summed E-state index contributed by atoms with van der Waals surface area (Å²) in [5, 5.41) is 7.47. The summed E-state index contributed by atoms with van der Waals surface area (Å²) in [6, 6.07) is 0. The van der Waals surface area contributed by atoms with E-state index in [1.165, 1.54) is 0 Å². The number of hydrogen-bond acceptors (Lipinski definition) is 4. The molecule has 84 valence electrons. The molecule has 16 heavy (non-hydrogen) atoms. The Morgan fingerprint density at radius 1 is 1.19 bits per heavy atom. The van der Waals surface area contributed by atoms with Crippen LogP contribution in [0, 0.1) is 5.41 Å². The van der Waals surface area contributed by atoms with Crippen LogP contribution in [0.4, 0.5) is 0 Å². The van der Waals surface area contributed by atoms with Crippen LogP contribution in [0.1, 0.15) is 12.8 Å². The molecule has 0 fully saturated rings. The summed E-state index contributed by atoms with van der Waals surface area (Å²) in [6.45, 7) is 0. The average molecular weight is 237 g/mol. The van der Waals surface area contributed by atoms with Gasteiger partial charge in [-0.2, -0.15) is 0 Å². The Morgan fingerprint density at radius 2 is 1.75 bits per heavy atom. The quantitative estimate of drug-likeness (QED) is 0.743. The van der Waals surface area contributed by atoms with Crippen molar-refractivity contribution in [1.82, 2.24) is 0 Å². The Kier molecular flexibility index (Phi) is 2.42. The fourth-order valence-corrected chi connectivity index (χ4v) is 2.77. The third-order valence-corrected chi connectivity index (χ3v) is 3.72. The molecule has 0 amide bonds. The van der Waals surface area contributed by atoms with Crippen LogP contribution in [0.25, 0.3) is 0 Å². The van der Waals surface area contributed by atoms with Gasteiger partial charge in [-0.1, -0.05) is 12.2 Å². The van der Waals surface area contributed by atoms with E-state index in [0.29, 0.717) is 11.1 Å². The van der Waals surface area contributed by atoms with E-state index in [1.54, 1.807) is 12.2 Å². The minimum atomic E-state index is -3.39. The van der Waals surface area contributed by atoms with E-state index in [4.69, 9.17) is 5.41 Å². The maximum atomic E-state index is 11.7. The molecule has 0 saturated carbocycles. The van der Waals surface area contributed by atoms with Crippen LogP contribution < -0.4 is 0 Å². The zero-order valence-electron chi connectivity index (χ0n) is 8.78. The first kappa shape index (κ1) is 11.0. The number of carbonyl (C=O) groups excluding carboxylic acids is 1. The largest absolute Gasteiger partial charge is 0.297 e. The topological polar surface area (TPSA) is 75.1 Å². The standard InChI is InChI=1S/C11H11NO3S/c1-16(14,15)10-6-9(12)11(13)8-5-3-2-4-7(8)10/h4-6,12H,2-3H2,1H3. The van der Waals surface area contributed by atoms with E-state index in [9.17, 15) is 13.2 Å². The van der Waals surface area contributed by atoms with Gasteiger partial charge in [0.05, 0.1) is 4.91 Å². The Balaban J connectivity index is 2.68. The van der Waals surface area contributed by atoms with Crippen molar-refractivity contribution in [3.05, 3.63) is 34.3 Å². The molecule has 0 aromatic heterocycles. The van der Waals surface area contributed by atoms with E-state index in [1.807, 2.05) is 0 Å². The Bertz CT molecular complexity index is 576. The molecule has 0 unspecified atom stereocenters. The van der Waals surface area contributed by atoms with Crippen LogP contribution in [-0.2, 0) is 14.6 Å². The number of rotatable bonds is 1. The molecule has 0 saturated heterocycles. The van der Waals surface area contributed by atoms with E-state index in [0.717, 1.165) is 25.2 Å². The predicted octanol–water partition coefficient (Wildman–Crippen LogP) is 1.16. The molecule has 0 atom stereocenters. The minimum absolute atomic E-state index is 0.0862. The maximum Gasteiger partial charge on any atom is 0.210 e. The summed E-state index contributed by atoms with van der Waals surface area (Å²) < 4.78 is 23.1. The Labute approximate surface area is 93.8 Å². The number of allylic oxidation sites excluding steroid dienone is 5. The van der Waals surface area contributed by atoms with Crippen LogP contribution >= 0.6 is 0 Å². The highest BCUT2D eigenvalue weighted by Crippen LogP contribution is 2.32. The summed E-state index contributed by atoms with van der Waals surface area (Å²) in [4.78, 5) is 11.7. The van der Waals surface area contributed by atoms with Gasteiger partial charge in [0, 0.05) is 17.4 Å². The molecule has 0 bridgehead atoms. The zero-order valence-corrected chi connectivity index (χ0v) is 9.60. The first-order chi connectivity index (χ1) is 7.41. The normalized spacial score (nSPS) is 20.9. The van der Waals surface area contributed by atoms with Crippen molar-refractivity contribution in [3.8, 4) is 0 Å². The van der Waals surface area contributed by atoms with Crippen LogP contribution in [-0.4, -0.2) is 26.2 Å². The Hall–Kier alpha value is -1.49. The SMILES string of the molecule is CS(=O)(=O)C1=CC(=N)C(=O)C2=CCCC=C21. The number of hydrogen-bond donors (Lipinski definition) is 1. The second kappa shape index (κ2) is 3.52. The summed E-state index contributed by atoms with van der Waals surface area (Å²) in [6.07, 6.45) is 7.15. The number of sulfone groups is 1. The van der Waals surface area contributed by atoms with Crippen molar-refractivity contribution in [2.45, 2.75) is 12.8 Å². The highest BCUT2D eigenvalue weighted by molar-refractivity contribution is 7.94. The molecule has 5 heteroatoms. The van der Waals surface area contributed by atoms with E-state index in [-0.39, 0.29) is 10.6 Å². The lowest BCUT2D eigenvalue weighted by Gasteiger charge is -2.21. The molecule has 2 aliphatic carbocycles. The summed E-state index contributed by atoms with van der Waals surface area (Å²) in [7, 11) is -3.39. The Morgan fingerprint density at radius 3 is 2.31 bits per heavy atom. The zero-order chi connectivity index (χ0) is 11.9. The molecule has 4 nitrogen and oxygen atoms in total. The predicted molar refractivity (Wildman–Crippen MR) is 61.1 cm³/mol. The number of ketones is 1. The smallest absolute Gasteiger partial charge is 0.210 e. The van der Waals surface area contributed by atoms with Crippen molar-refractivity contribution >= 4 is 21.3 Å². The van der Waals surface area contributed by atoms with E-state index in [2.05, 4.69) is 0 Å². The number of Topliss-reactive ketones (excluding diaryl/α,β-unsaturated/α-hetero) is 1. The second-order valence-corrected chi connectivity index (χ2v) is 5.82. The molecule has 1 N–H and O–H groups in total. The minimum Gasteiger partial charge on any atom is -0.297 e. The fourth-order valence-electron chi connectivity index (χ4n) is 1.85. The third kappa shape index (κ3) is 1.67. The van der Waals surface area contributed by atoms with Gasteiger partial charge in [0.25, 0.3) is 0 Å². The van der Waals surface area contributed by atoms with Crippen molar-refractivity contribution in [3.63, 3.8) is 0 Å². The molecule has 2 aliphatic rings. The molecule has 0 aliphatic heterocycles. The van der Waals surface area contributed by atoms with Crippen LogP contribution in [0.5, 0.6) is 0 Å². The molecule has 2 rings (SSSR count). The van der Waals surface area contributed by atoms with Crippen molar-refractivity contribution < 1.29 is 13.2 Å². The lowest BCUT2D eigenvalue weighted by molar-refractivity contribution is -0.109. The van der Waals surface area contributed by atoms with Gasteiger partial charge in [-0.05, 0) is 18.9 Å². The van der Waals surface area contributed by atoms with Crippen LogP contribution in [0.2, 0.25) is 0 Å². The highest BCUT2D eigenvalue weighted by Gasteiger charge is 2.31. The number of nitrogens with one attached hydrogen (secondary N) is 1. The second-order valence-electron chi connectivity index (χ2n) is 3.84. The van der Waals surface area contributed by atoms with Gasteiger partial charge >= 0.3 is 0 Å². The highest BCUT2D eigenvalue weighted by atomic mass is 32.2. The van der Waals surface area contributed by atoms with Gasteiger partial charge in [0.1, 0.15) is 5.71 Å². The van der Waals surface area contributed by atoms with Gasteiger partial charge in [0.15, 0.2) is 9.84 Å². The number of fused-ring (bicyclic) bond motifs is 1. The molecule has 0 radical (unpaired) electrons. The number of carbonyl (C=O) groups is 1. The molecule has 0 heterocycles. The average Bonchev–Trinajstić information content (AvgIpc) is 2.22. The van der Waals surface area contributed by atoms with Crippen molar-refractivity contribution in [2.24, 2.45) is 0 Å². The lowest BCUT2D eigenvalue weighted by Crippen LogP contribution is -2.25. The first-order valence-electron chi connectivity index (χ1n) is 4.87. The summed E-state index contributed by atoms with van der Waals surface area (Å²) in [5.41, 5.74) is 0.569. The first-order valence-corrected chi connectivity index (χ1v) is 6.76. The van der Waals surface area contributed by atoms with Crippen LogP contribution in [0.3, 0.4) is 0 Å². The fraction of sp³-hybridized carbons (Fsp3) is 0.273. The molecule has 0 aromatic rings. The molecule has 0 aromatic carbocycles. The molecular formula is C11H11NO3S. The molecule has 0 spiro atoms. The van der Waals surface area contributed by atoms with Gasteiger partial charge in [-0.25, -0.2) is 8.42 Å². The third-order valence-electron chi connectivity index (χ3n) is 2.58. The molecular weight excluding hydrogens is 226 g/mol. The van der Waals surface area contributed by atoms with Crippen molar-refractivity contribution in [1.29, 1.82) is 5.41 Å².